The summed E-state index contributed by atoms with van der Waals surface area (Å²) in [4.78, 5) is 0.585. The normalized spacial score (nSPS) is 38.9. The van der Waals surface area contributed by atoms with Crippen LogP contribution in [0.5, 0.6) is 0 Å². The molecular formula is C16H24FNO. The molecule has 2 rings (SSSR count). The Morgan fingerprint density at radius 2 is 2.26 bits per heavy atom. The fraction of sp³-hybridized carbons (Fsp3) is 0.625. The third kappa shape index (κ3) is 3.77. The zero-order valence-electron chi connectivity index (χ0n) is 18.7. The molecule has 1 aliphatic rings. The van der Waals surface area contributed by atoms with Gasteiger partial charge in [0.25, 0.3) is 0 Å². The molecule has 1 aromatic rings. The fourth-order valence-electron chi connectivity index (χ4n) is 1.92. The first-order valence-corrected chi connectivity index (χ1v) is 6.20. The number of benzene rings is 1. The summed E-state index contributed by atoms with van der Waals surface area (Å²) in [7, 11) is 0. The topological polar surface area (TPSA) is 12.5 Å². The predicted molar refractivity (Wildman–Crippen MR) is 75.8 cm³/mol. The second kappa shape index (κ2) is 5.59. The Hall–Kier alpha value is -0.930. The summed E-state index contributed by atoms with van der Waals surface area (Å²) in [5, 5.41) is 0. The molecule has 0 radical (unpaired) electrons. The van der Waals surface area contributed by atoms with Crippen LogP contribution in [-0.2, 0) is 16.7 Å². The van der Waals surface area contributed by atoms with Crippen LogP contribution in [0.4, 0.5) is 4.39 Å². The van der Waals surface area contributed by atoms with Crippen LogP contribution in [0.25, 0.3) is 0 Å². The monoisotopic (exact) mass is 272 g/mol. The van der Waals surface area contributed by atoms with Crippen molar-refractivity contribution >= 4 is 0 Å². The second-order valence-electron chi connectivity index (χ2n) is 5.63. The van der Waals surface area contributed by atoms with Gasteiger partial charge in [-0.2, -0.15) is 0 Å². The maximum Gasteiger partial charge on any atom is 0.127 e. The lowest BCUT2D eigenvalue weighted by Crippen LogP contribution is -2.40. The van der Waals surface area contributed by atoms with E-state index in [0.717, 1.165) is 6.92 Å². The van der Waals surface area contributed by atoms with E-state index < -0.39 is 43.4 Å². The van der Waals surface area contributed by atoms with Crippen molar-refractivity contribution in [3.63, 3.8) is 0 Å². The Balaban J connectivity index is 2.47. The summed E-state index contributed by atoms with van der Waals surface area (Å²) >= 11 is 0. The van der Waals surface area contributed by atoms with Gasteiger partial charge in [-0.25, -0.2) is 4.39 Å². The van der Waals surface area contributed by atoms with E-state index in [1.165, 1.54) is 6.07 Å². The van der Waals surface area contributed by atoms with E-state index in [0.29, 0.717) is 10.5 Å². The minimum atomic E-state index is -2.92. The summed E-state index contributed by atoms with van der Waals surface area (Å²) in [6.45, 7) is -2.26. The van der Waals surface area contributed by atoms with Crippen molar-refractivity contribution in [3.8, 4) is 0 Å². The average molecular weight is 272 g/mol. The quantitative estimate of drug-likeness (QED) is 0.818. The van der Waals surface area contributed by atoms with Gasteiger partial charge >= 0.3 is 0 Å². The summed E-state index contributed by atoms with van der Waals surface area (Å²) in [6, 6.07) is 4.31. The van der Waals surface area contributed by atoms with Gasteiger partial charge in [0.05, 0.1) is 16.8 Å². The molecule has 0 N–H and O–H groups in total. The Morgan fingerprint density at radius 3 is 2.89 bits per heavy atom. The van der Waals surface area contributed by atoms with Crippen LogP contribution in [0.1, 0.15) is 48.4 Å². The molecule has 1 aromatic carbocycles. The summed E-state index contributed by atoms with van der Waals surface area (Å²) in [5.41, 5.74) is 0.314. The van der Waals surface area contributed by atoms with Gasteiger partial charge in [-0.3, -0.25) is 4.90 Å². The largest absolute Gasteiger partial charge is 0.376 e. The molecule has 1 aliphatic heterocycles. The molecule has 19 heavy (non-hydrogen) atoms. The number of ether oxygens (including phenoxy) is 1. The van der Waals surface area contributed by atoms with Crippen molar-refractivity contribution < 1.29 is 18.7 Å². The molecule has 0 spiro atoms. The maximum atomic E-state index is 14.4. The van der Waals surface area contributed by atoms with E-state index in [2.05, 4.69) is 0 Å². The molecule has 106 valence electrons. The molecule has 0 aromatic heterocycles. The Kier molecular flexibility index (Phi) is 2.28. The summed E-state index contributed by atoms with van der Waals surface area (Å²) < 4.78 is 75.2. The van der Waals surface area contributed by atoms with Crippen LogP contribution in [0.2, 0.25) is 0 Å². The minimum absolute atomic E-state index is 0.275. The first-order valence-electron chi connectivity index (χ1n) is 9.70. The molecule has 1 heterocycles. The molecule has 3 heteroatoms. The zero-order valence-corrected chi connectivity index (χ0v) is 11.7. The van der Waals surface area contributed by atoms with Crippen LogP contribution in [0, 0.1) is 5.82 Å². The number of hydrogen-bond donors (Lipinski definition) is 0. The van der Waals surface area contributed by atoms with Crippen LogP contribution < -0.4 is 0 Å². The van der Waals surface area contributed by atoms with Crippen molar-refractivity contribution in [2.75, 3.05) is 19.6 Å². The Bertz CT molecular complexity index is 674. The number of halogens is 1. The highest BCUT2D eigenvalue weighted by molar-refractivity contribution is 5.29. The minimum Gasteiger partial charge on any atom is -0.376 e. The first-order chi connectivity index (χ1) is 11.4. The van der Waals surface area contributed by atoms with Crippen LogP contribution in [-0.4, -0.2) is 30.5 Å². The highest BCUT2D eigenvalue weighted by atomic mass is 19.1. The van der Waals surface area contributed by atoms with Gasteiger partial charge in [-0.05, 0) is 29.5 Å². The lowest BCUT2D eigenvalue weighted by molar-refractivity contribution is -0.0212. The van der Waals surface area contributed by atoms with Gasteiger partial charge in [-0.1, -0.05) is 32.9 Å². The molecule has 1 fully saturated rings. The number of morpholine rings is 1. The van der Waals surface area contributed by atoms with Gasteiger partial charge in [0.2, 0.25) is 0 Å². The van der Waals surface area contributed by atoms with Gasteiger partial charge < -0.3 is 4.74 Å². The zero-order chi connectivity index (χ0) is 20.3. The standard InChI is InChI=1S/C16H24FNO/c1-12-10-18(7-8-19-12)11-13-5-6-14(15(17)9-13)16(2,3)4/h5-6,9,12H,7-8,10-11H2,1-4H3/i7D2,8D2,10D2,12D. The molecule has 0 bridgehead atoms. The third-order valence-electron chi connectivity index (χ3n) is 2.86. The van der Waals surface area contributed by atoms with Crippen LogP contribution >= 0.6 is 0 Å². The second-order valence-corrected chi connectivity index (χ2v) is 5.63. The molecule has 2 nitrogen and oxygen atoms in total. The van der Waals surface area contributed by atoms with E-state index in [9.17, 15) is 4.39 Å². The molecule has 0 saturated carbocycles. The van der Waals surface area contributed by atoms with Crippen molar-refractivity contribution in [3.05, 3.63) is 35.1 Å². The van der Waals surface area contributed by atoms with Crippen LogP contribution in [0.3, 0.4) is 0 Å². The average Bonchev–Trinajstić information content (AvgIpc) is 2.40. The molecule has 0 amide bonds. The highest BCUT2D eigenvalue weighted by Gasteiger charge is 2.20. The fourth-order valence-corrected chi connectivity index (χ4v) is 1.92. The summed E-state index contributed by atoms with van der Waals surface area (Å²) in [5.74, 6) is -0.499. The first kappa shape index (κ1) is 7.75. The van der Waals surface area contributed by atoms with E-state index in [-0.39, 0.29) is 5.56 Å². The van der Waals surface area contributed by atoms with Crippen LogP contribution in [0.15, 0.2) is 18.2 Å². The lowest BCUT2D eigenvalue weighted by atomic mass is 9.86. The molecule has 1 atom stereocenters. The summed E-state index contributed by atoms with van der Waals surface area (Å²) in [6.07, 6.45) is -2.36. The van der Waals surface area contributed by atoms with Gasteiger partial charge in [0, 0.05) is 25.0 Å². The van der Waals surface area contributed by atoms with E-state index >= 15 is 0 Å². The van der Waals surface area contributed by atoms with E-state index in [1.54, 1.807) is 12.1 Å². The molecule has 1 unspecified atom stereocenters. The van der Waals surface area contributed by atoms with Gasteiger partial charge in [0.1, 0.15) is 5.82 Å². The van der Waals surface area contributed by atoms with E-state index in [4.69, 9.17) is 14.3 Å². The number of nitrogens with zero attached hydrogens (tertiary/aromatic N) is 1. The highest BCUT2D eigenvalue weighted by Crippen LogP contribution is 2.26. The molecule has 1 saturated heterocycles. The van der Waals surface area contributed by atoms with Crippen molar-refractivity contribution in [1.29, 1.82) is 0 Å². The smallest absolute Gasteiger partial charge is 0.127 e. The predicted octanol–water partition coefficient (Wildman–Crippen LogP) is 3.34. The maximum absolute atomic E-state index is 14.4. The Morgan fingerprint density at radius 1 is 1.53 bits per heavy atom. The number of rotatable bonds is 2. The van der Waals surface area contributed by atoms with Crippen molar-refractivity contribution in [2.24, 2.45) is 0 Å². The SMILES string of the molecule is [2H]C1([2H])OC([2H])(C)C([2H])([2H])N(Cc2ccc(C(C)(C)C)c(F)c2)C1([2H])[2H]. The number of hydrogen-bond acceptors (Lipinski definition) is 2. The van der Waals surface area contributed by atoms with Crippen molar-refractivity contribution in [2.45, 2.75) is 45.7 Å². The molecular weight excluding hydrogens is 241 g/mol. The van der Waals surface area contributed by atoms with Gasteiger partial charge in [-0.15, -0.1) is 0 Å². The van der Waals surface area contributed by atoms with E-state index in [1.807, 2.05) is 20.8 Å². The third-order valence-corrected chi connectivity index (χ3v) is 2.86. The van der Waals surface area contributed by atoms with Gasteiger partial charge in [0.15, 0.2) is 0 Å². The molecule has 0 aliphatic carbocycles. The van der Waals surface area contributed by atoms with Crippen molar-refractivity contribution in [1.82, 2.24) is 4.90 Å². The lowest BCUT2D eigenvalue weighted by Gasteiger charge is -2.31. The Labute approximate surface area is 125 Å².